The lowest BCUT2D eigenvalue weighted by atomic mass is 9.96. The van der Waals surface area contributed by atoms with Crippen LogP contribution in [0.5, 0.6) is 0 Å². The van der Waals surface area contributed by atoms with Crippen molar-refractivity contribution in [1.82, 2.24) is 9.80 Å². The molecule has 0 spiro atoms. The first-order chi connectivity index (χ1) is 6.26. The normalized spacial score (nSPS) is 49.6. The highest BCUT2D eigenvalue weighted by Crippen LogP contribution is 2.26. The van der Waals surface area contributed by atoms with E-state index in [1.54, 1.807) is 0 Å². The van der Waals surface area contributed by atoms with Gasteiger partial charge in [-0.2, -0.15) is 0 Å². The smallest absolute Gasteiger partial charge is 0.0599 e. The van der Waals surface area contributed by atoms with Gasteiger partial charge in [0.2, 0.25) is 0 Å². The van der Waals surface area contributed by atoms with Crippen LogP contribution in [0.4, 0.5) is 0 Å². The number of fused-ring (bicyclic) bond motifs is 3. The maximum Gasteiger partial charge on any atom is 0.0599 e. The van der Waals surface area contributed by atoms with E-state index in [1.807, 2.05) is 0 Å². The zero-order valence-corrected chi connectivity index (χ0v) is 8.61. The fourth-order valence-corrected chi connectivity index (χ4v) is 2.78. The largest absolute Gasteiger partial charge is 0.395 e. The van der Waals surface area contributed by atoms with E-state index in [2.05, 4.69) is 23.6 Å². The summed E-state index contributed by atoms with van der Waals surface area (Å²) < 4.78 is 0. The van der Waals surface area contributed by atoms with Gasteiger partial charge in [-0.15, -0.1) is 0 Å². The molecule has 3 rings (SSSR count). The molecular formula is C10H20N2O. The van der Waals surface area contributed by atoms with Gasteiger partial charge < -0.3 is 5.11 Å². The van der Waals surface area contributed by atoms with Gasteiger partial charge in [0.25, 0.3) is 0 Å². The number of nitrogens with zero attached hydrogens (tertiary/aromatic N) is 2. The van der Waals surface area contributed by atoms with Crippen molar-refractivity contribution in [3.05, 3.63) is 0 Å². The van der Waals surface area contributed by atoms with Crippen molar-refractivity contribution in [2.45, 2.75) is 38.4 Å². The summed E-state index contributed by atoms with van der Waals surface area (Å²) in [6.45, 7) is 8.24. The first-order valence-corrected chi connectivity index (χ1v) is 5.37. The highest BCUT2D eigenvalue weighted by Gasteiger charge is 2.40. The molecule has 3 saturated heterocycles. The highest BCUT2D eigenvalue weighted by atomic mass is 16.3. The molecule has 0 radical (unpaired) electrons. The molecule has 0 saturated carbocycles. The Morgan fingerprint density at radius 3 is 2.54 bits per heavy atom. The fraction of sp³-hybridized carbons (Fsp3) is 1.00. The van der Waals surface area contributed by atoms with Crippen molar-refractivity contribution >= 4 is 0 Å². The number of hydrogen-bond donors (Lipinski definition) is 1. The van der Waals surface area contributed by atoms with Crippen molar-refractivity contribution in [2.24, 2.45) is 0 Å². The number of piperazine rings is 3. The second kappa shape index (κ2) is 3.56. The molecule has 0 aromatic rings. The van der Waals surface area contributed by atoms with Gasteiger partial charge in [0.05, 0.1) is 6.61 Å². The molecule has 3 nitrogen and oxygen atoms in total. The van der Waals surface area contributed by atoms with Crippen LogP contribution in [0.15, 0.2) is 0 Å². The van der Waals surface area contributed by atoms with Gasteiger partial charge in [0, 0.05) is 37.8 Å². The first-order valence-electron chi connectivity index (χ1n) is 5.37. The van der Waals surface area contributed by atoms with E-state index in [9.17, 15) is 5.11 Å². The number of rotatable bonds is 2. The van der Waals surface area contributed by atoms with Crippen LogP contribution >= 0.6 is 0 Å². The minimum atomic E-state index is 0.319. The molecule has 2 bridgehead atoms. The molecule has 3 aliphatic heterocycles. The fourth-order valence-electron chi connectivity index (χ4n) is 2.78. The lowest BCUT2D eigenvalue weighted by molar-refractivity contribution is -0.0774. The Labute approximate surface area is 80.3 Å². The lowest BCUT2D eigenvalue weighted by Gasteiger charge is -2.55. The second-order valence-corrected chi connectivity index (χ2v) is 4.40. The van der Waals surface area contributed by atoms with Crippen molar-refractivity contribution in [1.29, 1.82) is 0 Å². The molecule has 3 fully saturated rings. The minimum Gasteiger partial charge on any atom is -0.395 e. The topological polar surface area (TPSA) is 26.7 Å². The Morgan fingerprint density at radius 2 is 2.00 bits per heavy atom. The van der Waals surface area contributed by atoms with E-state index < -0.39 is 0 Å². The number of aliphatic hydroxyl groups is 1. The summed E-state index contributed by atoms with van der Waals surface area (Å²) in [5.74, 6) is 0. The third kappa shape index (κ3) is 1.49. The van der Waals surface area contributed by atoms with E-state index in [-0.39, 0.29) is 0 Å². The maximum absolute atomic E-state index is 9.19. The zero-order chi connectivity index (χ0) is 9.42. The predicted molar refractivity (Wildman–Crippen MR) is 52.7 cm³/mol. The summed E-state index contributed by atoms with van der Waals surface area (Å²) in [4.78, 5) is 5.03. The Balaban J connectivity index is 2.08. The molecule has 1 N–H and O–H groups in total. The van der Waals surface area contributed by atoms with Gasteiger partial charge in [-0.1, -0.05) is 6.92 Å². The average Bonchev–Trinajstić information content (AvgIpc) is 2.17. The quantitative estimate of drug-likeness (QED) is 0.661. The summed E-state index contributed by atoms with van der Waals surface area (Å²) in [6, 6.07) is 1.81. The average molecular weight is 184 g/mol. The van der Waals surface area contributed by atoms with Gasteiger partial charge in [0.1, 0.15) is 0 Å². The minimum absolute atomic E-state index is 0.319. The van der Waals surface area contributed by atoms with Crippen LogP contribution in [0, 0.1) is 0 Å². The van der Waals surface area contributed by atoms with Crippen LogP contribution in [0.3, 0.4) is 0 Å². The summed E-state index contributed by atoms with van der Waals surface area (Å²) in [5, 5.41) is 9.19. The third-order valence-electron chi connectivity index (χ3n) is 3.60. The van der Waals surface area contributed by atoms with E-state index in [4.69, 9.17) is 0 Å². The monoisotopic (exact) mass is 184 g/mol. The molecular weight excluding hydrogens is 164 g/mol. The summed E-state index contributed by atoms with van der Waals surface area (Å²) >= 11 is 0. The summed E-state index contributed by atoms with van der Waals surface area (Å²) in [5.41, 5.74) is 0. The first kappa shape index (κ1) is 9.44. The summed E-state index contributed by atoms with van der Waals surface area (Å²) in [7, 11) is 0. The van der Waals surface area contributed by atoms with Crippen LogP contribution in [-0.4, -0.2) is 59.3 Å². The van der Waals surface area contributed by atoms with Crippen molar-refractivity contribution in [3.8, 4) is 0 Å². The predicted octanol–water partition coefficient (Wildman–Crippen LogP) is 0.146. The van der Waals surface area contributed by atoms with E-state index in [1.165, 1.54) is 6.42 Å². The van der Waals surface area contributed by atoms with Crippen LogP contribution in [-0.2, 0) is 0 Å². The number of aliphatic hydroxyl groups excluding tert-OH is 1. The van der Waals surface area contributed by atoms with Gasteiger partial charge >= 0.3 is 0 Å². The third-order valence-corrected chi connectivity index (χ3v) is 3.60. The molecule has 3 heterocycles. The molecule has 5 atom stereocenters. The van der Waals surface area contributed by atoms with Crippen LogP contribution < -0.4 is 0 Å². The maximum atomic E-state index is 9.19. The second-order valence-electron chi connectivity index (χ2n) is 4.40. The molecule has 0 amide bonds. The van der Waals surface area contributed by atoms with Gasteiger partial charge in [0.15, 0.2) is 0 Å². The van der Waals surface area contributed by atoms with Gasteiger partial charge in [-0.25, -0.2) is 0 Å². The Kier molecular flexibility index (Phi) is 2.58. The standard InChI is InChI=1S/C10H20N2O/c1-3-9-5-11-4-8(2)12(9)6-10(11)7-13/h8-10,13H,3-7H2,1-2H3. The Bertz CT molecular complexity index is 186. The van der Waals surface area contributed by atoms with Crippen molar-refractivity contribution < 1.29 is 5.11 Å². The molecule has 0 aromatic carbocycles. The number of hydrogen-bond acceptors (Lipinski definition) is 3. The molecule has 3 aliphatic rings. The van der Waals surface area contributed by atoms with E-state index in [0.29, 0.717) is 18.7 Å². The molecule has 13 heavy (non-hydrogen) atoms. The van der Waals surface area contributed by atoms with Crippen LogP contribution in [0.25, 0.3) is 0 Å². The van der Waals surface area contributed by atoms with Crippen LogP contribution in [0.2, 0.25) is 0 Å². The Morgan fingerprint density at radius 1 is 1.23 bits per heavy atom. The van der Waals surface area contributed by atoms with Crippen molar-refractivity contribution in [3.63, 3.8) is 0 Å². The Hall–Kier alpha value is -0.120. The van der Waals surface area contributed by atoms with E-state index in [0.717, 1.165) is 25.7 Å². The molecule has 76 valence electrons. The molecule has 0 aromatic heterocycles. The highest BCUT2D eigenvalue weighted by molar-refractivity contribution is 4.96. The molecule has 5 unspecified atom stereocenters. The van der Waals surface area contributed by atoms with Gasteiger partial charge in [-0.05, 0) is 13.3 Å². The van der Waals surface area contributed by atoms with Crippen molar-refractivity contribution in [2.75, 3.05) is 26.2 Å². The zero-order valence-electron chi connectivity index (χ0n) is 8.61. The van der Waals surface area contributed by atoms with Gasteiger partial charge in [-0.3, -0.25) is 9.80 Å². The van der Waals surface area contributed by atoms with E-state index >= 15 is 0 Å². The SMILES string of the molecule is CCC1CN2CC(C)N1CC2CO. The lowest BCUT2D eigenvalue weighted by Crippen LogP contribution is -2.69. The van der Waals surface area contributed by atoms with Crippen LogP contribution in [0.1, 0.15) is 20.3 Å². The molecule has 3 heteroatoms. The molecule has 0 aliphatic carbocycles. The summed E-state index contributed by atoms with van der Waals surface area (Å²) in [6.07, 6.45) is 1.24.